The summed E-state index contributed by atoms with van der Waals surface area (Å²) in [6.45, 7) is 7.05. The molecular formula is C19H27N7. The standard InChI is InChI=1S/C19H27N7/c1-12(2)13(3)23-17-15-10-22-26(4)18(15)25-19(24-17)21-11-16(20)14-8-6-5-7-9-14/h5-10,12-13,16H,11,20H2,1-4H3,(H2,21,23,24,25). The van der Waals surface area contributed by atoms with Crippen LogP contribution in [0.25, 0.3) is 11.0 Å². The van der Waals surface area contributed by atoms with Gasteiger partial charge in [-0.25, -0.2) is 0 Å². The summed E-state index contributed by atoms with van der Waals surface area (Å²) in [6, 6.07) is 10.2. The molecule has 7 nitrogen and oxygen atoms in total. The van der Waals surface area contributed by atoms with Gasteiger partial charge in [0.2, 0.25) is 5.95 Å². The Morgan fingerprint density at radius 3 is 2.54 bits per heavy atom. The fourth-order valence-electron chi connectivity index (χ4n) is 2.61. The average Bonchev–Trinajstić information content (AvgIpc) is 3.01. The molecule has 7 heteroatoms. The zero-order valence-corrected chi connectivity index (χ0v) is 15.8. The van der Waals surface area contributed by atoms with Crippen molar-refractivity contribution in [3.05, 3.63) is 42.1 Å². The first kappa shape index (κ1) is 18.1. The van der Waals surface area contributed by atoms with Gasteiger partial charge in [-0.1, -0.05) is 44.2 Å². The number of hydrogen-bond donors (Lipinski definition) is 3. The van der Waals surface area contributed by atoms with Crippen LogP contribution in [-0.4, -0.2) is 32.3 Å². The Bertz CT molecular complexity index is 857. The van der Waals surface area contributed by atoms with E-state index in [0.717, 1.165) is 22.4 Å². The van der Waals surface area contributed by atoms with Crippen LogP contribution >= 0.6 is 0 Å². The number of nitrogens with zero attached hydrogens (tertiary/aromatic N) is 4. The number of nitrogens with one attached hydrogen (secondary N) is 2. The molecule has 0 amide bonds. The Hall–Kier alpha value is -2.67. The number of nitrogens with two attached hydrogens (primary N) is 1. The highest BCUT2D eigenvalue weighted by Crippen LogP contribution is 2.23. The van der Waals surface area contributed by atoms with E-state index in [0.29, 0.717) is 18.4 Å². The first-order valence-electron chi connectivity index (χ1n) is 8.96. The highest BCUT2D eigenvalue weighted by Gasteiger charge is 2.15. The van der Waals surface area contributed by atoms with Crippen LogP contribution in [0.1, 0.15) is 32.4 Å². The lowest BCUT2D eigenvalue weighted by Gasteiger charge is -2.19. The molecule has 1 aromatic carbocycles. The van der Waals surface area contributed by atoms with E-state index >= 15 is 0 Å². The van der Waals surface area contributed by atoms with Crippen molar-refractivity contribution >= 4 is 22.8 Å². The van der Waals surface area contributed by atoms with E-state index in [4.69, 9.17) is 5.73 Å². The van der Waals surface area contributed by atoms with Crippen molar-refractivity contribution in [2.75, 3.05) is 17.2 Å². The number of aromatic nitrogens is 4. The molecule has 0 saturated heterocycles. The van der Waals surface area contributed by atoms with Crippen LogP contribution in [-0.2, 0) is 7.05 Å². The van der Waals surface area contributed by atoms with Gasteiger partial charge >= 0.3 is 0 Å². The van der Waals surface area contributed by atoms with Gasteiger partial charge in [0.05, 0.1) is 11.6 Å². The average molecular weight is 353 g/mol. The predicted octanol–water partition coefficient (Wildman–Crippen LogP) is 2.93. The van der Waals surface area contributed by atoms with Gasteiger partial charge in [0.15, 0.2) is 5.65 Å². The molecular weight excluding hydrogens is 326 g/mol. The van der Waals surface area contributed by atoms with Crippen molar-refractivity contribution < 1.29 is 0 Å². The van der Waals surface area contributed by atoms with Crippen LogP contribution in [0.3, 0.4) is 0 Å². The molecule has 0 fully saturated rings. The van der Waals surface area contributed by atoms with Crippen LogP contribution in [0.4, 0.5) is 11.8 Å². The van der Waals surface area contributed by atoms with Crippen LogP contribution in [0.15, 0.2) is 36.5 Å². The largest absolute Gasteiger partial charge is 0.367 e. The second-order valence-corrected chi connectivity index (χ2v) is 6.98. The quantitative estimate of drug-likeness (QED) is 0.605. The highest BCUT2D eigenvalue weighted by atomic mass is 15.3. The molecule has 2 heterocycles. The van der Waals surface area contributed by atoms with Crippen molar-refractivity contribution in [1.82, 2.24) is 19.7 Å². The van der Waals surface area contributed by atoms with Gasteiger partial charge in [-0.05, 0) is 18.4 Å². The number of aryl methyl sites for hydroxylation is 1. The third-order valence-electron chi connectivity index (χ3n) is 4.66. The smallest absolute Gasteiger partial charge is 0.226 e. The van der Waals surface area contributed by atoms with E-state index in [1.165, 1.54) is 0 Å². The van der Waals surface area contributed by atoms with Crippen molar-refractivity contribution in [2.45, 2.75) is 32.9 Å². The lowest BCUT2D eigenvalue weighted by molar-refractivity contribution is 0.559. The van der Waals surface area contributed by atoms with Crippen molar-refractivity contribution in [3.63, 3.8) is 0 Å². The van der Waals surface area contributed by atoms with Gasteiger partial charge in [-0.15, -0.1) is 0 Å². The van der Waals surface area contributed by atoms with Gasteiger partial charge in [-0.2, -0.15) is 15.1 Å². The van der Waals surface area contributed by atoms with Crippen molar-refractivity contribution in [2.24, 2.45) is 18.7 Å². The normalized spacial score (nSPS) is 13.8. The van der Waals surface area contributed by atoms with Crippen LogP contribution < -0.4 is 16.4 Å². The number of fused-ring (bicyclic) bond motifs is 1. The maximum atomic E-state index is 6.27. The number of anilines is 2. The Labute approximate surface area is 154 Å². The van der Waals surface area contributed by atoms with Crippen molar-refractivity contribution in [1.29, 1.82) is 0 Å². The van der Waals surface area contributed by atoms with Crippen LogP contribution in [0, 0.1) is 5.92 Å². The molecule has 26 heavy (non-hydrogen) atoms. The second kappa shape index (κ2) is 7.70. The minimum atomic E-state index is -0.131. The fraction of sp³-hybridized carbons (Fsp3) is 0.421. The molecule has 2 unspecified atom stereocenters. The van der Waals surface area contributed by atoms with Crippen LogP contribution in [0.2, 0.25) is 0 Å². The lowest BCUT2D eigenvalue weighted by Crippen LogP contribution is -2.24. The van der Waals surface area contributed by atoms with Gasteiger partial charge in [0.25, 0.3) is 0 Å². The summed E-state index contributed by atoms with van der Waals surface area (Å²) in [6.07, 6.45) is 1.80. The molecule has 0 saturated carbocycles. The molecule has 2 aromatic heterocycles. The Morgan fingerprint density at radius 2 is 1.85 bits per heavy atom. The minimum absolute atomic E-state index is 0.131. The first-order valence-corrected chi connectivity index (χ1v) is 8.96. The van der Waals surface area contributed by atoms with Crippen LogP contribution in [0.5, 0.6) is 0 Å². The minimum Gasteiger partial charge on any atom is -0.367 e. The predicted molar refractivity (Wildman–Crippen MR) is 106 cm³/mol. The number of hydrogen-bond acceptors (Lipinski definition) is 6. The van der Waals surface area contributed by atoms with Gasteiger partial charge in [-0.3, -0.25) is 4.68 Å². The summed E-state index contributed by atoms with van der Waals surface area (Å²) >= 11 is 0. The fourth-order valence-corrected chi connectivity index (χ4v) is 2.61. The molecule has 0 aliphatic rings. The third kappa shape index (κ3) is 3.94. The van der Waals surface area contributed by atoms with E-state index in [1.54, 1.807) is 10.9 Å². The number of rotatable bonds is 7. The lowest BCUT2D eigenvalue weighted by atomic mass is 10.1. The summed E-state index contributed by atoms with van der Waals surface area (Å²) in [5.41, 5.74) is 8.14. The molecule has 3 rings (SSSR count). The van der Waals surface area contributed by atoms with E-state index < -0.39 is 0 Å². The molecule has 138 valence electrons. The van der Waals surface area contributed by atoms with Gasteiger partial charge < -0.3 is 16.4 Å². The summed E-state index contributed by atoms with van der Waals surface area (Å²) < 4.78 is 1.75. The van der Waals surface area contributed by atoms with E-state index in [-0.39, 0.29) is 12.1 Å². The Kier molecular flexibility index (Phi) is 5.37. The van der Waals surface area contributed by atoms with Crippen molar-refractivity contribution in [3.8, 4) is 0 Å². The summed E-state index contributed by atoms with van der Waals surface area (Å²) in [4.78, 5) is 9.26. The van der Waals surface area contributed by atoms with E-state index in [9.17, 15) is 0 Å². The molecule has 2 atom stereocenters. The maximum Gasteiger partial charge on any atom is 0.226 e. The molecule has 0 spiro atoms. The molecule has 3 aromatic rings. The van der Waals surface area contributed by atoms with E-state index in [1.807, 2.05) is 37.4 Å². The summed E-state index contributed by atoms with van der Waals surface area (Å²) in [5, 5.41) is 12.0. The Balaban J connectivity index is 1.83. The number of benzene rings is 1. The highest BCUT2D eigenvalue weighted by molar-refractivity contribution is 5.87. The molecule has 0 aliphatic carbocycles. The monoisotopic (exact) mass is 353 g/mol. The first-order chi connectivity index (χ1) is 12.5. The SMILES string of the molecule is CC(C)C(C)Nc1nc(NCC(N)c2ccccc2)nc2c1cnn2C. The molecule has 0 aliphatic heterocycles. The molecule has 0 bridgehead atoms. The zero-order valence-electron chi connectivity index (χ0n) is 15.8. The molecule has 4 N–H and O–H groups in total. The Morgan fingerprint density at radius 1 is 1.12 bits per heavy atom. The maximum absolute atomic E-state index is 6.27. The van der Waals surface area contributed by atoms with Gasteiger partial charge in [0.1, 0.15) is 5.82 Å². The summed E-state index contributed by atoms with van der Waals surface area (Å²) in [5.74, 6) is 1.82. The zero-order chi connectivity index (χ0) is 18.7. The van der Waals surface area contributed by atoms with Gasteiger partial charge in [0, 0.05) is 25.7 Å². The topological polar surface area (TPSA) is 93.7 Å². The molecule has 0 radical (unpaired) electrons. The third-order valence-corrected chi connectivity index (χ3v) is 4.66. The summed E-state index contributed by atoms with van der Waals surface area (Å²) in [7, 11) is 1.88. The second-order valence-electron chi connectivity index (χ2n) is 6.98. The van der Waals surface area contributed by atoms with E-state index in [2.05, 4.69) is 46.5 Å².